The molecule has 0 radical (unpaired) electrons. The fourth-order valence-corrected chi connectivity index (χ4v) is 6.01. The molecule has 0 aromatic carbocycles. The summed E-state index contributed by atoms with van der Waals surface area (Å²) in [6, 6.07) is 0.315. The molecule has 0 unspecified atom stereocenters. The molecule has 0 bridgehead atoms. The van der Waals surface area contributed by atoms with Crippen LogP contribution in [0.15, 0.2) is 23.1 Å². The summed E-state index contributed by atoms with van der Waals surface area (Å²) in [4.78, 5) is 30.3. The number of rotatable bonds is 9. The van der Waals surface area contributed by atoms with Gasteiger partial charge < -0.3 is 10.6 Å². The van der Waals surface area contributed by atoms with Crippen molar-refractivity contribution in [3.05, 3.63) is 41.1 Å². The van der Waals surface area contributed by atoms with Crippen molar-refractivity contribution in [3.63, 3.8) is 0 Å². The van der Waals surface area contributed by atoms with Gasteiger partial charge in [0.05, 0.1) is 30.2 Å². The normalized spacial score (nSPS) is 24.2. The first-order valence-corrected chi connectivity index (χ1v) is 14.1. The highest BCUT2D eigenvalue weighted by molar-refractivity contribution is 5.93. The van der Waals surface area contributed by atoms with Crippen LogP contribution in [0.3, 0.4) is 0 Å². The Morgan fingerprint density at radius 3 is 2.33 bits per heavy atom. The molecular formula is C27H29F6N7O3. The van der Waals surface area contributed by atoms with Gasteiger partial charge in [0.25, 0.3) is 5.91 Å². The van der Waals surface area contributed by atoms with Crippen LogP contribution in [0.5, 0.6) is 0 Å². The van der Waals surface area contributed by atoms with Gasteiger partial charge in [-0.05, 0) is 61.2 Å². The number of imidazole rings is 1. The van der Waals surface area contributed by atoms with E-state index in [4.69, 9.17) is 0 Å². The van der Waals surface area contributed by atoms with Crippen LogP contribution in [-0.2, 0) is 4.79 Å². The number of amides is 2. The third-order valence-corrected chi connectivity index (χ3v) is 8.77. The summed E-state index contributed by atoms with van der Waals surface area (Å²) in [5, 5.41) is 17.2. The number of hydrogen-bond donors (Lipinski definition) is 2. The highest BCUT2D eigenvalue weighted by Crippen LogP contribution is 2.56. The lowest BCUT2D eigenvalue weighted by Crippen LogP contribution is -2.59. The van der Waals surface area contributed by atoms with E-state index in [9.17, 15) is 35.9 Å². The third kappa shape index (κ3) is 5.67. The van der Waals surface area contributed by atoms with Crippen molar-refractivity contribution < 1.29 is 40.6 Å². The topological polar surface area (TPSA) is 127 Å². The second-order valence-electron chi connectivity index (χ2n) is 11.9. The molecule has 3 fully saturated rings. The molecule has 3 atom stereocenters. The lowest BCUT2D eigenvalue weighted by molar-refractivity contribution is -0.313. The molecule has 43 heavy (non-hydrogen) atoms. The van der Waals surface area contributed by atoms with Crippen LogP contribution >= 0.6 is 0 Å². The maximum Gasteiger partial charge on any atom is 0.313 e. The van der Waals surface area contributed by atoms with Crippen molar-refractivity contribution in [1.82, 2.24) is 35.5 Å². The molecule has 3 heterocycles. The van der Waals surface area contributed by atoms with Crippen LogP contribution in [0.1, 0.15) is 90.9 Å². The van der Waals surface area contributed by atoms with Crippen molar-refractivity contribution in [3.8, 4) is 0 Å². The van der Waals surface area contributed by atoms with Crippen molar-refractivity contribution in [2.45, 2.75) is 88.1 Å². The second kappa shape index (κ2) is 10.5. The highest BCUT2D eigenvalue weighted by Gasteiger charge is 2.71. The van der Waals surface area contributed by atoms with Crippen LogP contribution in [0.2, 0.25) is 0 Å². The standard InChI is InChI=1S/C27H29F6N7O3/c1-13-21(39-43-38-13)24(42)37-23(15-4-6-25(28,29)7-5-15)18-12-40-19(35-18)8-16(11-34-40)22(14-2-3-14)36-20(41)9-17-10-26(30,31)27(17,32)33/h8,11-12,14-15,17,22-23H,2-7,9-10H2,1H3,(H,36,41)(H,37,42)/t17-,22+,23-/m0/s1. The molecule has 3 aliphatic carbocycles. The van der Waals surface area contributed by atoms with E-state index in [1.165, 1.54) is 10.7 Å². The summed E-state index contributed by atoms with van der Waals surface area (Å²) in [6.45, 7) is 1.54. The second-order valence-corrected chi connectivity index (χ2v) is 11.9. The zero-order valence-electron chi connectivity index (χ0n) is 23.0. The van der Waals surface area contributed by atoms with E-state index in [0.717, 1.165) is 12.8 Å². The number of carbonyl (C=O) groups excluding carboxylic acids is 2. The molecular weight excluding hydrogens is 584 g/mol. The van der Waals surface area contributed by atoms with Crippen molar-refractivity contribution >= 4 is 17.5 Å². The van der Waals surface area contributed by atoms with Crippen LogP contribution < -0.4 is 10.6 Å². The van der Waals surface area contributed by atoms with E-state index in [-0.39, 0.29) is 48.9 Å². The molecule has 0 spiro atoms. The zero-order valence-corrected chi connectivity index (χ0v) is 23.0. The quantitative estimate of drug-likeness (QED) is 0.327. The number of hydrogen-bond acceptors (Lipinski definition) is 7. The Labute approximate surface area is 240 Å². The Morgan fingerprint density at radius 1 is 1.02 bits per heavy atom. The number of aryl methyl sites for hydroxylation is 1. The summed E-state index contributed by atoms with van der Waals surface area (Å²) in [6.07, 6.45) is 2.45. The van der Waals surface area contributed by atoms with Crippen LogP contribution in [0.25, 0.3) is 5.65 Å². The van der Waals surface area contributed by atoms with E-state index >= 15 is 0 Å². The number of fused-ring (bicyclic) bond motifs is 1. The minimum atomic E-state index is -4.23. The zero-order chi connectivity index (χ0) is 30.7. The highest BCUT2D eigenvalue weighted by atomic mass is 19.3. The van der Waals surface area contributed by atoms with Gasteiger partial charge in [-0.1, -0.05) is 5.16 Å². The predicted molar refractivity (Wildman–Crippen MR) is 135 cm³/mol. The molecule has 10 nitrogen and oxygen atoms in total. The Morgan fingerprint density at radius 2 is 1.72 bits per heavy atom. The van der Waals surface area contributed by atoms with E-state index in [1.807, 2.05) is 0 Å². The minimum absolute atomic E-state index is 0.0150. The molecule has 16 heteroatoms. The lowest BCUT2D eigenvalue weighted by Gasteiger charge is -2.43. The van der Waals surface area contributed by atoms with Gasteiger partial charge in [0.1, 0.15) is 5.69 Å². The summed E-state index contributed by atoms with van der Waals surface area (Å²) in [5.41, 5.74) is 1.49. The Bertz CT molecular complexity index is 1530. The van der Waals surface area contributed by atoms with Crippen LogP contribution in [0, 0.1) is 24.7 Å². The molecule has 6 rings (SSSR count). The van der Waals surface area contributed by atoms with Gasteiger partial charge in [0, 0.05) is 31.6 Å². The van der Waals surface area contributed by atoms with Gasteiger partial charge in [-0.2, -0.15) is 22.7 Å². The Kier molecular flexibility index (Phi) is 7.15. The largest absolute Gasteiger partial charge is 0.349 e. The Hall–Kier alpha value is -3.72. The van der Waals surface area contributed by atoms with Gasteiger partial charge in [-0.3, -0.25) is 9.59 Å². The van der Waals surface area contributed by atoms with E-state index in [1.54, 1.807) is 19.2 Å². The smallest absolute Gasteiger partial charge is 0.313 e. The number of carbonyl (C=O) groups is 2. The average Bonchev–Trinajstić information content (AvgIpc) is 3.55. The van der Waals surface area contributed by atoms with Crippen molar-refractivity contribution in [2.75, 3.05) is 0 Å². The predicted octanol–water partition coefficient (Wildman–Crippen LogP) is 4.97. The molecule has 3 aliphatic rings. The SMILES string of the molecule is Cc1nonc1C(=O)N[C@H](c1cn2ncc([C@H](NC(=O)C[C@H]3CC(F)(F)C3(F)F)C3CC3)cc2n1)C1CCC(F)(F)CC1. The van der Waals surface area contributed by atoms with Crippen LogP contribution in [0.4, 0.5) is 26.3 Å². The number of aromatic nitrogens is 5. The molecule has 0 aliphatic heterocycles. The molecule has 3 saturated carbocycles. The average molecular weight is 614 g/mol. The summed E-state index contributed by atoms with van der Waals surface area (Å²) in [5.74, 6) is -14.6. The monoisotopic (exact) mass is 613 g/mol. The van der Waals surface area contributed by atoms with Gasteiger partial charge in [-0.25, -0.2) is 22.9 Å². The van der Waals surface area contributed by atoms with Crippen molar-refractivity contribution in [2.24, 2.45) is 17.8 Å². The number of nitrogens with one attached hydrogen (secondary N) is 2. The van der Waals surface area contributed by atoms with E-state index in [2.05, 4.69) is 35.7 Å². The molecule has 2 N–H and O–H groups in total. The maximum atomic E-state index is 13.9. The first kappa shape index (κ1) is 29.4. The fraction of sp³-hybridized carbons (Fsp3) is 0.630. The fourth-order valence-electron chi connectivity index (χ4n) is 6.01. The van der Waals surface area contributed by atoms with E-state index in [0.29, 0.717) is 16.9 Å². The molecule has 232 valence electrons. The number of nitrogens with zero attached hydrogens (tertiary/aromatic N) is 5. The third-order valence-electron chi connectivity index (χ3n) is 8.77. The van der Waals surface area contributed by atoms with Crippen LogP contribution in [-0.4, -0.2) is 54.5 Å². The Balaban J connectivity index is 1.23. The first-order chi connectivity index (χ1) is 20.2. The molecule has 3 aromatic heterocycles. The minimum Gasteiger partial charge on any atom is -0.349 e. The van der Waals surface area contributed by atoms with Crippen molar-refractivity contribution in [1.29, 1.82) is 0 Å². The lowest BCUT2D eigenvalue weighted by atomic mass is 9.74. The summed E-state index contributed by atoms with van der Waals surface area (Å²) < 4.78 is 87.9. The molecule has 3 aromatic rings. The molecule has 0 saturated heterocycles. The summed E-state index contributed by atoms with van der Waals surface area (Å²) in [7, 11) is 0. The number of halogens is 6. The number of alkyl halides is 6. The first-order valence-electron chi connectivity index (χ1n) is 14.1. The summed E-state index contributed by atoms with van der Waals surface area (Å²) >= 11 is 0. The van der Waals surface area contributed by atoms with Gasteiger partial charge in [0.15, 0.2) is 11.3 Å². The van der Waals surface area contributed by atoms with Gasteiger partial charge in [-0.15, -0.1) is 0 Å². The maximum absolute atomic E-state index is 13.9. The van der Waals surface area contributed by atoms with Gasteiger partial charge >= 0.3 is 11.8 Å². The van der Waals surface area contributed by atoms with E-state index < -0.39 is 60.4 Å². The van der Waals surface area contributed by atoms with Gasteiger partial charge in [0.2, 0.25) is 11.8 Å². The molecule has 2 amide bonds.